The molecule has 62 heavy (non-hydrogen) atoms. The van der Waals surface area contributed by atoms with Gasteiger partial charge in [-0.25, -0.2) is 0 Å². The topological polar surface area (TPSA) is 24.7 Å². The van der Waals surface area contributed by atoms with Gasteiger partial charge in [0.2, 0.25) is 0 Å². The Morgan fingerprint density at radius 1 is 0.339 bits per heavy atom. The Labute approximate surface area is 389 Å². The molecule has 0 aromatic heterocycles. The largest absolute Gasteiger partial charge is 1.00 e. The number of hydrogen-bond donors (Lipinski definition) is 0. The zero-order chi connectivity index (χ0) is 44.3. The van der Waals surface area contributed by atoms with E-state index in [0.717, 1.165) is 33.7 Å². The summed E-state index contributed by atoms with van der Waals surface area (Å²) in [4.78, 5) is 0. The Hall–Kier alpha value is -3.90. The van der Waals surface area contributed by atoms with E-state index in [2.05, 4.69) is 192 Å². The molecule has 6 aromatic carbocycles. The van der Waals surface area contributed by atoms with Crippen LogP contribution in [0.4, 0.5) is 0 Å². The molecule has 2 nitrogen and oxygen atoms in total. The SMILES string of the molecule is CC(C)(C)[PH+](C[B-](C[PH+](C(C)(C)C)C(C)(C)C)(c1ccccc1)c1ccccc1)C(C)(C)C.[Cu+].c1ccc(C(=NN=C(c2ccccc2)c2ccccc2)c2ccccc2)cc1. The second kappa shape index (κ2) is 22.1. The van der Waals surface area contributed by atoms with Crippen molar-refractivity contribution in [3.8, 4) is 0 Å². The molecular weight excluding hydrogens is 837 g/mol. The van der Waals surface area contributed by atoms with Crippen LogP contribution in [0.1, 0.15) is 105 Å². The third-order valence-electron chi connectivity index (χ3n) is 12.0. The number of hydrogen-bond acceptors (Lipinski definition) is 2. The molecule has 0 radical (unpaired) electrons. The molecule has 0 unspecified atom stereocenters. The van der Waals surface area contributed by atoms with Crippen molar-refractivity contribution >= 4 is 44.3 Å². The van der Waals surface area contributed by atoms with E-state index in [1.54, 1.807) is 10.9 Å². The molecule has 0 saturated carbocycles. The molecule has 6 heteroatoms. The summed E-state index contributed by atoms with van der Waals surface area (Å²) in [6.45, 7) is 30.0. The molecule has 0 atom stereocenters. The molecule has 0 fully saturated rings. The van der Waals surface area contributed by atoms with E-state index in [9.17, 15) is 0 Å². The first-order chi connectivity index (χ1) is 28.8. The molecule has 0 saturated heterocycles. The van der Waals surface area contributed by atoms with Gasteiger partial charge in [0, 0.05) is 22.3 Å². The van der Waals surface area contributed by atoms with Crippen LogP contribution in [0.25, 0.3) is 0 Å². The third-order valence-corrected chi connectivity index (χ3v) is 21.5. The van der Waals surface area contributed by atoms with Crippen LogP contribution in [0.3, 0.4) is 0 Å². The summed E-state index contributed by atoms with van der Waals surface area (Å²) in [6.07, 6.45) is -0.884. The quantitative estimate of drug-likeness (QED) is 0.0536. The Morgan fingerprint density at radius 3 is 0.726 bits per heavy atom. The van der Waals surface area contributed by atoms with Gasteiger partial charge in [0.1, 0.15) is 17.6 Å². The van der Waals surface area contributed by atoms with Crippen LogP contribution in [0.5, 0.6) is 0 Å². The smallest absolute Gasteiger partial charge is 0.197 e. The summed E-state index contributed by atoms with van der Waals surface area (Å²) < 4.78 is 0. The van der Waals surface area contributed by atoms with Crippen LogP contribution in [0.2, 0.25) is 0 Å². The monoisotopic (exact) mass is 908 g/mol. The minimum atomic E-state index is -0.884. The van der Waals surface area contributed by atoms with E-state index in [1.165, 1.54) is 12.1 Å². The second-order valence-corrected chi connectivity index (χ2v) is 29.5. The molecule has 0 aliphatic carbocycles. The summed E-state index contributed by atoms with van der Waals surface area (Å²) >= 11 is 0. The van der Waals surface area contributed by atoms with Crippen molar-refractivity contribution in [3.63, 3.8) is 0 Å². The van der Waals surface area contributed by atoms with Crippen molar-refractivity contribution < 1.29 is 17.1 Å². The van der Waals surface area contributed by atoms with Gasteiger partial charge in [0.05, 0.1) is 20.6 Å². The fourth-order valence-electron chi connectivity index (χ4n) is 9.60. The third kappa shape index (κ3) is 13.8. The number of nitrogens with zero attached hydrogens (tertiary/aromatic N) is 2. The van der Waals surface area contributed by atoms with E-state index >= 15 is 0 Å². The summed E-state index contributed by atoms with van der Waals surface area (Å²) in [5.41, 5.74) is 9.02. The first-order valence-electron chi connectivity index (χ1n) is 22.2. The van der Waals surface area contributed by atoms with Crippen molar-refractivity contribution in [3.05, 3.63) is 204 Å². The van der Waals surface area contributed by atoms with Gasteiger partial charge in [-0.2, -0.15) is 10.9 Å². The van der Waals surface area contributed by atoms with Crippen LogP contribution in [-0.2, 0) is 17.1 Å². The van der Waals surface area contributed by atoms with Crippen molar-refractivity contribution in [1.29, 1.82) is 0 Å². The Morgan fingerprint density at radius 2 is 0.532 bits per heavy atom. The van der Waals surface area contributed by atoms with Gasteiger partial charge in [0.25, 0.3) is 0 Å². The van der Waals surface area contributed by atoms with Crippen LogP contribution in [0, 0.1) is 0 Å². The zero-order valence-electron chi connectivity index (χ0n) is 39.5. The van der Waals surface area contributed by atoms with Crippen LogP contribution in [0.15, 0.2) is 192 Å². The van der Waals surface area contributed by atoms with Gasteiger partial charge in [-0.1, -0.05) is 194 Å². The van der Waals surface area contributed by atoms with Gasteiger partial charge in [0.15, 0.2) is 0 Å². The minimum Gasteiger partial charge on any atom is -0.197 e. The zero-order valence-corrected chi connectivity index (χ0v) is 42.4. The number of rotatable bonds is 11. The summed E-state index contributed by atoms with van der Waals surface area (Å²) in [5.74, 6) is 0. The van der Waals surface area contributed by atoms with E-state index in [1.807, 2.05) is 72.8 Å². The predicted molar refractivity (Wildman–Crippen MR) is 280 cm³/mol. The van der Waals surface area contributed by atoms with Crippen LogP contribution < -0.4 is 10.9 Å². The van der Waals surface area contributed by atoms with E-state index in [4.69, 9.17) is 10.2 Å². The second-order valence-electron chi connectivity index (χ2n) is 20.8. The Kier molecular flexibility index (Phi) is 18.1. The first kappa shape index (κ1) is 50.7. The maximum atomic E-state index is 4.72. The maximum absolute atomic E-state index is 4.72. The van der Waals surface area contributed by atoms with Gasteiger partial charge < -0.3 is 0 Å². The maximum Gasteiger partial charge on any atom is 1.00 e. The molecule has 0 N–H and O–H groups in total. The molecule has 328 valence electrons. The molecule has 6 rings (SSSR count). The van der Waals surface area contributed by atoms with Crippen LogP contribution >= 0.6 is 15.8 Å². The van der Waals surface area contributed by atoms with Gasteiger partial charge in [-0.15, -0.1) is 10.2 Å². The molecule has 0 aliphatic rings. The van der Waals surface area contributed by atoms with Gasteiger partial charge in [-0.3, -0.25) is 0 Å². The van der Waals surface area contributed by atoms with E-state index in [-0.39, 0.29) is 17.1 Å². The summed E-state index contributed by atoms with van der Waals surface area (Å²) in [5, 5.41) is 10.8. The summed E-state index contributed by atoms with van der Waals surface area (Å²) in [7, 11) is -1.43. The Balaban J connectivity index is 0.000000271. The minimum absolute atomic E-state index is 0. The molecule has 0 aliphatic heterocycles. The fraction of sp³-hybridized carbons (Fsp3) is 0.321. The molecule has 0 heterocycles. The number of benzene rings is 6. The van der Waals surface area contributed by atoms with Crippen LogP contribution in [-0.4, -0.2) is 50.3 Å². The molecule has 0 bridgehead atoms. The normalized spacial score (nSPS) is 12.2. The summed E-state index contributed by atoms with van der Waals surface area (Å²) in [6, 6.07) is 66.6. The molecule has 6 aromatic rings. The predicted octanol–water partition coefficient (Wildman–Crippen LogP) is 13.9. The van der Waals surface area contributed by atoms with Gasteiger partial charge >= 0.3 is 17.1 Å². The van der Waals surface area contributed by atoms with E-state index < -0.39 is 22.0 Å². The Bertz CT molecular complexity index is 2000. The van der Waals surface area contributed by atoms with E-state index in [0.29, 0.717) is 20.6 Å². The molecule has 0 spiro atoms. The van der Waals surface area contributed by atoms with Crippen molar-refractivity contribution in [2.45, 2.75) is 104 Å². The first-order valence-corrected chi connectivity index (χ1v) is 25.6. The average molecular weight is 910 g/mol. The van der Waals surface area contributed by atoms with Gasteiger partial charge in [-0.05, 0) is 98.9 Å². The molecule has 0 amide bonds. The van der Waals surface area contributed by atoms with Crippen molar-refractivity contribution in [2.75, 3.05) is 12.1 Å². The fourth-order valence-corrected chi connectivity index (χ4v) is 19.5. The molecular formula is C56H72BCuN2P2+2. The average Bonchev–Trinajstić information content (AvgIpc) is 3.23. The van der Waals surface area contributed by atoms with Crippen molar-refractivity contribution in [2.24, 2.45) is 10.2 Å². The standard InChI is InChI=1S/C30H50BP2.C26H20N2.Cu/c1-27(2,3)32(28(4,5)6)23-31(25-19-15-13-16-20-25,26-21-17-14-18-22-26)24-33(29(7,8)9)30(10,11)12;1-5-13-21(14-6-1)25(22-15-7-2-8-16-22)27-28-26(23-17-9-3-10-18-23)24-19-11-4-12-20-24;/h13-22H,23-24H2,1-12H3;1-20H;/q-1;;+1/p+2. The van der Waals surface area contributed by atoms with Crippen molar-refractivity contribution in [1.82, 2.24) is 0 Å².